The molecule has 1 atom stereocenters. The summed E-state index contributed by atoms with van der Waals surface area (Å²) < 4.78 is 7.66. The predicted octanol–water partition coefficient (Wildman–Crippen LogP) is 2.48. The fourth-order valence-corrected chi connectivity index (χ4v) is 2.59. The first-order valence-corrected chi connectivity index (χ1v) is 8.12. The summed E-state index contributed by atoms with van der Waals surface area (Å²) in [5.41, 5.74) is 4.34. The van der Waals surface area contributed by atoms with E-state index in [9.17, 15) is 5.11 Å². The maximum atomic E-state index is 10.0. The van der Waals surface area contributed by atoms with Crippen molar-refractivity contribution in [3.8, 4) is 5.75 Å². The summed E-state index contributed by atoms with van der Waals surface area (Å²) in [6.45, 7) is 5.44. The number of benzene rings is 1. The average molecular weight is 325 g/mol. The van der Waals surface area contributed by atoms with Gasteiger partial charge in [-0.05, 0) is 49.2 Å². The zero-order chi connectivity index (χ0) is 16.9. The van der Waals surface area contributed by atoms with E-state index in [1.165, 1.54) is 5.56 Å². The molecule has 5 heteroatoms. The molecule has 5 nitrogen and oxygen atoms in total. The van der Waals surface area contributed by atoms with E-state index in [1.807, 2.05) is 49.6 Å². The molecule has 2 N–H and O–H groups in total. The molecular formula is C19H23N3O2. The molecule has 2 heterocycles. The maximum Gasteiger partial charge on any atom is 0.137 e. The molecule has 3 rings (SSSR count). The zero-order valence-electron chi connectivity index (χ0n) is 14.1. The van der Waals surface area contributed by atoms with Crippen molar-refractivity contribution in [3.05, 3.63) is 65.6 Å². The van der Waals surface area contributed by atoms with Crippen molar-refractivity contribution >= 4 is 5.65 Å². The van der Waals surface area contributed by atoms with E-state index < -0.39 is 6.10 Å². The van der Waals surface area contributed by atoms with Crippen molar-refractivity contribution in [2.24, 2.45) is 0 Å². The van der Waals surface area contributed by atoms with Gasteiger partial charge < -0.3 is 19.6 Å². The molecule has 3 aromatic rings. The van der Waals surface area contributed by atoms with Crippen LogP contribution in [0.15, 0.2) is 48.8 Å². The van der Waals surface area contributed by atoms with Crippen molar-refractivity contribution in [1.82, 2.24) is 14.7 Å². The van der Waals surface area contributed by atoms with Crippen molar-refractivity contribution in [3.63, 3.8) is 0 Å². The molecule has 0 saturated heterocycles. The summed E-state index contributed by atoms with van der Waals surface area (Å²) in [6.07, 6.45) is 3.32. The third-order valence-corrected chi connectivity index (χ3v) is 3.86. The van der Waals surface area contributed by atoms with Crippen LogP contribution in [0, 0.1) is 13.8 Å². The minimum absolute atomic E-state index is 0.267. The van der Waals surface area contributed by atoms with Crippen LogP contribution in [0.5, 0.6) is 5.75 Å². The maximum absolute atomic E-state index is 10.0. The molecular weight excluding hydrogens is 302 g/mol. The zero-order valence-corrected chi connectivity index (χ0v) is 14.1. The number of pyridine rings is 1. The second kappa shape index (κ2) is 7.47. The van der Waals surface area contributed by atoms with Gasteiger partial charge in [0.1, 0.15) is 24.1 Å². The Morgan fingerprint density at radius 3 is 2.88 bits per heavy atom. The Labute approximate surface area is 141 Å². The van der Waals surface area contributed by atoms with Gasteiger partial charge in [-0.15, -0.1) is 0 Å². The number of nitrogens with one attached hydrogen (secondary N) is 1. The molecule has 0 radical (unpaired) electrons. The highest BCUT2D eigenvalue weighted by atomic mass is 16.5. The lowest BCUT2D eigenvalue weighted by Gasteiger charge is -2.13. The monoisotopic (exact) mass is 325 g/mol. The summed E-state index contributed by atoms with van der Waals surface area (Å²) in [6, 6.07) is 11.9. The normalized spacial score (nSPS) is 12.5. The number of aromatic nitrogens is 2. The quantitative estimate of drug-likeness (QED) is 0.701. The molecule has 1 unspecified atom stereocenters. The molecule has 0 aliphatic carbocycles. The lowest BCUT2D eigenvalue weighted by Crippen LogP contribution is -2.31. The van der Waals surface area contributed by atoms with E-state index in [0.29, 0.717) is 13.1 Å². The van der Waals surface area contributed by atoms with E-state index >= 15 is 0 Å². The number of hydrogen-bond acceptors (Lipinski definition) is 4. The molecule has 0 amide bonds. The van der Waals surface area contributed by atoms with Crippen LogP contribution in [0.1, 0.15) is 16.8 Å². The minimum Gasteiger partial charge on any atom is -0.491 e. The van der Waals surface area contributed by atoms with Crippen LogP contribution < -0.4 is 10.1 Å². The molecule has 0 aliphatic heterocycles. The van der Waals surface area contributed by atoms with Gasteiger partial charge in [0.15, 0.2) is 0 Å². The Kier molecular flexibility index (Phi) is 5.13. The van der Waals surface area contributed by atoms with E-state index in [2.05, 4.69) is 27.7 Å². The standard InChI is InChI=1S/C19H23N3O2/c1-14-4-3-5-18(8-14)24-13-17(23)12-20-10-16-11-21-19-9-15(2)6-7-22(16)19/h3-9,11,17,20,23H,10,12-13H2,1-2H3. The van der Waals surface area contributed by atoms with Gasteiger partial charge in [-0.2, -0.15) is 0 Å². The second-order valence-corrected chi connectivity index (χ2v) is 6.09. The molecule has 0 aliphatic rings. The summed E-state index contributed by atoms with van der Waals surface area (Å²) in [7, 11) is 0. The minimum atomic E-state index is -0.563. The first kappa shape index (κ1) is 16.5. The van der Waals surface area contributed by atoms with Gasteiger partial charge in [0.05, 0.1) is 11.9 Å². The van der Waals surface area contributed by atoms with Gasteiger partial charge in [-0.1, -0.05) is 12.1 Å². The molecule has 0 fully saturated rings. The van der Waals surface area contributed by atoms with Gasteiger partial charge >= 0.3 is 0 Å². The number of aliphatic hydroxyl groups excluding tert-OH is 1. The molecule has 0 bridgehead atoms. The van der Waals surface area contributed by atoms with Crippen LogP contribution in [-0.4, -0.2) is 33.7 Å². The third kappa shape index (κ3) is 4.13. The third-order valence-electron chi connectivity index (χ3n) is 3.86. The number of fused-ring (bicyclic) bond motifs is 1. The summed E-state index contributed by atoms with van der Waals surface area (Å²) in [5, 5.41) is 13.3. The van der Waals surface area contributed by atoms with Gasteiger partial charge in [0.25, 0.3) is 0 Å². The first-order valence-electron chi connectivity index (χ1n) is 8.12. The summed E-state index contributed by atoms with van der Waals surface area (Å²) in [5.74, 6) is 0.784. The molecule has 0 saturated carbocycles. The number of imidazole rings is 1. The van der Waals surface area contributed by atoms with E-state index in [-0.39, 0.29) is 6.61 Å². The van der Waals surface area contributed by atoms with Gasteiger partial charge in [-0.25, -0.2) is 4.98 Å². The number of aliphatic hydroxyl groups is 1. The Bertz CT molecular complexity index is 813. The first-order chi connectivity index (χ1) is 11.6. The van der Waals surface area contributed by atoms with Crippen LogP contribution in [0.2, 0.25) is 0 Å². The highest BCUT2D eigenvalue weighted by molar-refractivity contribution is 5.42. The van der Waals surface area contributed by atoms with Crippen LogP contribution in [0.3, 0.4) is 0 Å². The fourth-order valence-electron chi connectivity index (χ4n) is 2.59. The highest BCUT2D eigenvalue weighted by Gasteiger charge is 2.07. The SMILES string of the molecule is Cc1cccc(OCC(O)CNCc2cnc3cc(C)ccn23)c1. The van der Waals surface area contributed by atoms with Crippen molar-refractivity contribution in [2.45, 2.75) is 26.5 Å². The lowest BCUT2D eigenvalue weighted by atomic mass is 10.2. The number of ether oxygens (including phenoxy) is 1. The van der Waals surface area contributed by atoms with Crippen LogP contribution >= 0.6 is 0 Å². The largest absolute Gasteiger partial charge is 0.491 e. The van der Waals surface area contributed by atoms with Gasteiger partial charge in [0, 0.05) is 19.3 Å². The number of aryl methyl sites for hydroxylation is 2. The number of nitrogens with zero attached hydrogens (tertiary/aromatic N) is 2. The van der Waals surface area contributed by atoms with Gasteiger partial charge in [-0.3, -0.25) is 0 Å². The van der Waals surface area contributed by atoms with Crippen molar-refractivity contribution < 1.29 is 9.84 Å². The molecule has 0 spiro atoms. The van der Waals surface area contributed by atoms with Gasteiger partial charge in [0.2, 0.25) is 0 Å². The van der Waals surface area contributed by atoms with E-state index in [0.717, 1.165) is 22.7 Å². The summed E-state index contributed by atoms with van der Waals surface area (Å²) >= 11 is 0. The second-order valence-electron chi connectivity index (χ2n) is 6.09. The topological polar surface area (TPSA) is 58.8 Å². The van der Waals surface area contributed by atoms with Crippen molar-refractivity contribution in [2.75, 3.05) is 13.2 Å². The highest BCUT2D eigenvalue weighted by Crippen LogP contribution is 2.12. The van der Waals surface area contributed by atoms with E-state index in [4.69, 9.17) is 4.74 Å². The molecule has 126 valence electrons. The van der Waals surface area contributed by atoms with Crippen LogP contribution in [0.4, 0.5) is 0 Å². The molecule has 1 aromatic carbocycles. The number of rotatable bonds is 7. The Hall–Kier alpha value is -2.37. The summed E-state index contributed by atoms with van der Waals surface area (Å²) in [4.78, 5) is 4.40. The predicted molar refractivity (Wildman–Crippen MR) is 94.3 cm³/mol. The molecule has 2 aromatic heterocycles. The van der Waals surface area contributed by atoms with Crippen molar-refractivity contribution in [1.29, 1.82) is 0 Å². The fraction of sp³-hybridized carbons (Fsp3) is 0.316. The molecule has 24 heavy (non-hydrogen) atoms. The Morgan fingerprint density at radius 2 is 2.04 bits per heavy atom. The van der Waals surface area contributed by atoms with Crippen LogP contribution in [0.25, 0.3) is 5.65 Å². The lowest BCUT2D eigenvalue weighted by molar-refractivity contribution is 0.106. The van der Waals surface area contributed by atoms with E-state index in [1.54, 1.807) is 0 Å². The smallest absolute Gasteiger partial charge is 0.137 e. The van der Waals surface area contributed by atoms with Crippen LogP contribution in [-0.2, 0) is 6.54 Å². The average Bonchev–Trinajstić information content (AvgIpc) is 2.95. The Morgan fingerprint density at radius 1 is 1.21 bits per heavy atom. The number of hydrogen-bond donors (Lipinski definition) is 2. The Balaban J connectivity index is 1.47.